The SMILES string of the molecule is COc1ccc2c(CCN(C)C)cn(COP(CCc3oc(=O)oc3C)OCc3oc(=O)oc3C)c2c1. The van der Waals surface area contributed by atoms with E-state index in [0.717, 1.165) is 29.6 Å². The number of aromatic nitrogens is 1. The molecule has 1 aromatic carbocycles. The summed E-state index contributed by atoms with van der Waals surface area (Å²) in [6.07, 6.45) is 3.77. The Morgan fingerprint density at radius 2 is 1.65 bits per heavy atom. The molecule has 12 heteroatoms. The lowest BCUT2D eigenvalue weighted by Crippen LogP contribution is -2.14. The molecule has 0 saturated carbocycles. The van der Waals surface area contributed by atoms with Gasteiger partial charge in [0.15, 0.2) is 14.1 Å². The highest BCUT2D eigenvalue weighted by molar-refractivity contribution is 7.47. The Morgan fingerprint density at radius 1 is 0.946 bits per heavy atom. The minimum atomic E-state index is -1.48. The van der Waals surface area contributed by atoms with Crippen molar-refractivity contribution in [2.75, 3.05) is 33.9 Å². The first-order chi connectivity index (χ1) is 17.7. The highest BCUT2D eigenvalue weighted by atomic mass is 31.2. The fourth-order valence-electron chi connectivity index (χ4n) is 3.85. The van der Waals surface area contributed by atoms with Gasteiger partial charge in [0.1, 0.15) is 36.4 Å². The summed E-state index contributed by atoms with van der Waals surface area (Å²) in [7, 11) is 4.25. The molecular formula is C25H31N2O9P. The van der Waals surface area contributed by atoms with Gasteiger partial charge in [-0.25, -0.2) is 9.59 Å². The molecule has 0 radical (unpaired) electrons. The van der Waals surface area contributed by atoms with Gasteiger partial charge in [0.05, 0.1) is 12.6 Å². The van der Waals surface area contributed by atoms with Gasteiger partial charge in [-0.15, -0.1) is 0 Å². The molecule has 0 saturated heterocycles. The average Bonchev–Trinajstić information content (AvgIpc) is 3.49. The number of hydrogen-bond donors (Lipinski definition) is 0. The zero-order valence-electron chi connectivity index (χ0n) is 21.6. The molecule has 0 aliphatic heterocycles. The van der Waals surface area contributed by atoms with Crippen LogP contribution in [0.5, 0.6) is 5.75 Å². The third-order valence-electron chi connectivity index (χ3n) is 5.87. The van der Waals surface area contributed by atoms with Crippen molar-refractivity contribution in [3.63, 3.8) is 0 Å². The molecule has 3 heterocycles. The second-order valence-corrected chi connectivity index (χ2v) is 10.4. The second-order valence-electron chi connectivity index (χ2n) is 8.77. The molecule has 1 atom stereocenters. The lowest BCUT2D eigenvalue weighted by Gasteiger charge is -2.17. The summed E-state index contributed by atoms with van der Waals surface area (Å²) in [5.74, 6) is 0.742. The van der Waals surface area contributed by atoms with E-state index in [0.29, 0.717) is 35.6 Å². The first-order valence-electron chi connectivity index (χ1n) is 11.8. The molecule has 0 fully saturated rings. The summed E-state index contributed by atoms with van der Waals surface area (Å²) < 4.78 is 39.8. The van der Waals surface area contributed by atoms with Crippen LogP contribution in [0.1, 0.15) is 28.6 Å². The Labute approximate surface area is 214 Å². The molecular weight excluding hydrogens is 503 g/mol. The number of hydrogen-bond acceptors (Lipinski definition) is 10. The Hall–Kier alpha value is -3.11. The first-order valence-corrected chi connectivity index (χ1v) is 13.1. The van der Waals surface area contributed by atoms with E-state index < -0.39 is 20.0 Å². The summed E-state index contributed by atoms with van der Waals surface area (Å²) in [5, 5.41) is 1.13. The Kier molecular flexibility index (Phi) is 8.71. The Balaban J connectivity index is 1.53. The van der Waals surface area contributed by atoms with Crippen molar-refractivity contribution in [3.05, 3.63) is 74.2 Å². The van der Waals surface area contributed by atoms with Gasteiger partial charge in [0, 0.05) is 36.8 Å². The number of fused-ring (bicyclic) bond motifs is 1. The molecule has 0 amide bonds. The highest BCUT2D eigenvalue weighted by Gasteiger charge is 2.19. The molecule has 4 aromatic rings. The fraction of sp³-hybridized carbons (Fsp3) is 0.440. The molecule has 200 valence electrons. The quantitative estimate of drug-likeness (QED) is 0.231. The van der Waals surface area contributed by atoms with Crippen LogP contribution < -0.4 is 16.4 Å². The van der Waals surface area contributed by atoms with E-state index in [2.05, 4.69) is 17.2 Å². The molecule has 37 heavy (non-hydrogen) atoms. The summed E-state index contributed by atoms with van der Waals surface area (Å²) in [4.78, 5) is 25.0. The summed E-state index contributed by atoms with van der Waals surface area (Å²) >= 11 is 0. The van der Waals surface area contributed by atoms with Crippen LogP contribution in [-0.2, 0) is 35.2 Å². The zero-order valence-corrected chi connectivity index (χ0v) is 22.5. The van der Waals surface area contributed by atoms with Gasteiger partial charge in [-0.1, -0.05) is 0 Å². The van der Waals surface area contributed by atoms with Crippen LogP contribution in [0.3, 0.4) is 0 Å². The number of ether oxygens (including phenoxy) is 1. The molecule has 4 rings (SSSR count). The first kappa shape index (κ1) is 26.9. The number of aryl methyl sites for hydroxylation is 3. The number of methoxy groups -OCH3 is 1. The van der Waals surface area contributed by atoms with Gasteiger partial charge in [0.25, 0.3) is 0 Å². The lowest BCUT2D eigenvalue weighted by molar-refractivity contribution is 0.190. The summed E-state index contributed by atoms with van der Waals surface area (Å²) in [6.45, 7) is 4.44. The van der Waals surface area contributed by atoms with Crippen LogP contribution in [-0.4, -0.2) is 43.4 Å². The standard InChI is InChI=1S/C25H31N2O9P/c1-16-22(35-24(28)33-16)9-11-37(31-14-23-17(2)34-25(29)36-23)32-15-27-13-18(8-10-26(3)4)20-7-6-19(30-5)12-21(20)27/h6-7,12-13H,8-11,14-15H2,1-5H3. The molecule has 1 unspecified atom stereocenters. The second kappa shape index (κ2) is 12.0. The Morgan fingerprint density at radius 3 is 2.27 bits per heavy atom. The Bertz CT molecular complexity index is 1380. The van der Waals surface area contributed by atoms with E-state index in [1.165, 1.54) is 5.56 Å². The van der Waals surface area contributed by atoms with Gasteiger partial charge in [-0.3, -0.25) is 0 Å². The average molecular weight is 535 g/mol. The molecule has 0 aliphatic rings. The van der Waals surface area contributed by atoms with Crippen LogP contribution in [0.15, 0.2) is 51.7 Å². The van der Waals surface area contributed by atoms with E-state index in [1.54, 1.807) is 21.0 Å². The topological polar surface area (TPSA) is 123 Å². The van der Waals surface area contributed by atoms with Crippen molar-refractivity contribution in [3.8, 4) is 5.75 Å². The van der Waals surface area contributed by atoms with E-state index in [1.807, 2.05) is 30.8 Å². The van der Waals surface area contributed by atoms with E-state index in [4.69, 9.17) is 31.5 Å². The molecule has 3 aromatic heterocycles. The van der Waals surface area contributed by atoms with Crippen LogP contribution in [0, 0.1) is 13.8 Å². The predicted octanol–water partition coefficient (Wildman–Crippen LogP) is 4.21. The monoisotopic (exact) mass is 534 g/mol. The minimum Gasteiger partial charge on any atom is -0.497 e. The zero-order chi connectivity index (χ0) is 26.5. The number of nitrogens with zero attached hydrogens (tertiary/aromatic N) is 2. The highest BCUT2D eigenvalue weighted by Crippen LogP contribution is 2.41. The summed E-state index contributed by atoms with van der Waals surface area (Å²) in [6, 6.07) is 5.99. The van der Waals surface area contributed by atoms with Gasteiger partial charge in [-0.2, -0.15) is 0 Å². The largest absolute Gasteiger partial charge is 0.519 e. The maximum absolute atomic E-state index is 11.4. The van der Waals surface area contributed by atoms with Crippen molar-refractivity contribution in [1.82, 2.24) is 9.47 Å². The van der Waals surface area contributed by atoms with Gasteiger partial charge in [0.2, 0.25) is 0 Å². The smallest absolute Gasteiger partial charge is 0.497 e. The minimum absolute atomic E-state index is 0.00588. The van der Waals surface area contributed by atoms with Crippen molar-refractivity contribution >= 4 is 19.3 Å². The van der Waals surface area contributed by atoms with Gasteiger partial charge >= 0.3 is 11.6 Å². The van der Waals surface area contributed by atoms with Crippen LogP contribution in [0.4, 0.5) is 0 Å². The van der Waals surface area contributed by atoms with Crippen LogP contribution in [0.2, 0.25) is 0 Å². The third-order valence-corrected chi connectivity index (χ3v) is 7.28. The van der Waals surface area contributed by atoms with Gasteiger partial charge < -0.3 is 40.9 Å². The van der Waals surface area contributed by atoms with Crippen molar-refractivity contribution < 1.29 is 31.5 Å². The molecule has 0 bridgehead atoms. The summed E-state index contributed by atoms with van der Waals surface area (Å²) in [5.41, 5.74) is 2.18. The van der Waals surface area contributed by atoms with E-state index in [9.17, 15) is 9.59 Å². The van der Waals surface area contributed by atoms with Crippen molar-refractivity contribution in [1.29, 1.82) is 0 Å². The van der Waals surface area contributed by atoms with E-state index in [-0.39, 0.29) is 13.3 Å². The molecule has 0 N–H and O–H groups in total. The van der Waals surface area contributed by atoms with Crippen molar-refractivity contribution in [2.24, 2.45) is 0 Å². The molecule has 0 aliphatic carbocycles. The van der Waals surface area contributed by atoms with Gasteiger partial charge in [-0.05, 0) is 52.1 Å². The van der Waals surface area contributed by atoms with Crippen molar-refractivity contribution in [2.45, 2.75) is 40.0 Å². The maximum Gasteiger partial charge on any atom is 0.519 e. The number of likely N-dealkylation sites (N-methyl/N-ethyl adjacent to an activating group) is 1. The molecule has 0 spiro atoms. The third kappa shape index (κ3) is 6.81. The molecule has 11 nitrogen and oxygen atoms in total. The van der Waals surface area contributed by atoms with Crippen LogP contribution in [0.25, 0.3) is 10.9 Å². The fourth-order valence-corrected chi connectivity index (χ4v) is 5.08. The predicted molar refractivity (Wildman–Crippen MR) is 136 cm³/mol. The van der Waals surface area contributed by atoms with Crippen LogP contribution >= 0.6 is 8.38 Å². The number of rotatable bonds is 13. The van der Waals surface area contributed by atoms with E-state index >= 15 is 0 Å². The lowest BCUT2D eigenvalue weighted by atomic mass is 10.1. The normalized spacial score (nSPS) is 12.6. The number of benzene rings is 1. The maximum atomic E-state index is 11.4.